The van der Waals surface area contributed by atoms with E-state index >= 15 is 0 Å². The van der Waals surface area contributed by atoms with Crippen molar-refractivity contribution < 1.29 is 8.78 Å². The summed E-state index contributed by atoms with van der Waals surface area (Å²) in [7, 11) is 0. The summed E-state index contributed by atoms with van der Waals surface area (Å²) in [4.78, 5) is 0. The summed E-state index contributed by atoms with van der Waals surface area (Å²) in [6.07, 6.45) is 0. The molecule has 0 fully saturated rings. The molecule has 1 atom stereocenters. The third-order valence-corrected chi connectivity index (χ3v) is 3.20. The van der Waals surface area contributed by atoms with Gasteiger partial charge in [-0.3, -0.25) is 0 Å². The monoisotopic (exact) mass is 261 g/mol. The lowest BCUT2D eigenvalue weighted by atomic mass is 10.1. The van der Waals surface area contributed by atoms with Crippen molar-refractivity contribution in [1.82, 2.24) is 0 Å². The SMILES string of the molecule is Cc1ccc(NC(C)c2cccc(F)c2F)c(C)c1. The molecule has 0 aromatic heterocycles. The quantitative estimate of drug-likeness (QED) is 0.840. The van der Waals surface area contributed by atoms with Crippen LogP contribution in [0.15, 0.2) is 36.4 Å². The highest BCUT2D eigenvalue weighted by atomic mass is 19.2. The highest BCUT2D eigenvalue weighted by molar-refractivity contribution is 5.53. The normalized spacial score (nSPS) is 12.3. The third kappa shape index (κ3) is 2.92. The molecule has 3 heteroatoms. The molecule has 0 saturated carbocycles. The molecule has 0 saturated heterocycles. The lowest BCUT2D eigenvalue weighted by Crippen LogP contribution is -2.10. The van der Waals surface area contributed by atoms with Gasteiger partial charge in [0.2, 0.25) is 0 Å². The van der Waals surface area contributed by atoms with E-state index in [1.807, 2.05) is 32.9 Å². The number of benzene rings is 2. The van der Waals surface area contributed by atoms with E-state index < -0.39 is 11.6 Å². The molecule has 1 N–H and O–H groups in total. The molecule has 0 spiro atoms. The van der Waals surface area contributed by atoms with Crippen LogP contribution in [0.2, 0.25) is 0 Å². The Hall–Kier alpha value is -1.90. The van der Waals surface area contributed by atoms with E-state index in [-0.39, 0.29) is 6.04 Å². The van der Waals surface area contributed by atoms with Crippen LogP contribution in [0.4, 0.5) is 14.5 Å². The van der Waals surface area contributed by atoms with Gasteiger partial charge in [-0.05, 0) is 38.5 Å². The summed E-state index contributed by atoms with van der Waals surface area (Å²) in [6.45, 7) is 5.83. The minimum absolute atomic E-state index is 0.294. The van der Waals surface area contributed by atoms with Gasteiger partial charge < -0.3 is 5.32 Å². The van der Waals surface area contributed by atoms with Crippen molar-refractivity contribution >= 4 is 5.69 Å². The van der Waals surface area contributed by atoms with Crippen molar-refractivity contribution in [1.29, 1.82) is 0 Å². The zero-order valence-electron chi connectivity index (χ0n) is 11.3. The van der Waals surface area contributed by atoms with E-state index in [1.54, 1.807) is 6.07 Å². The number of rotatable bonds is 3. The molecule has 0 aliphatic heterocycles. The molecule has 0 heterocycles. The zero-order chi connectivity index (χ0) is 14.0. The fraction of sp³-hybridized carbons (Fsp3) is 0.250. The zero-order valence-corrected chi connectivity index (χ0v) is 11.3. The number of halogens is 2. The van der Waals surface area contributed by atoms with Crippen molar-refractivity contribution in [3.05, 3.63) is 64.7 Å². The van der Waals surface area contributed by atoms with Gasteiger partial charge >= 0.3 is 0 Å². The van der Waals surface area contributed by atoms with Gasteiger partial charge in [-0.25, -0.2) is 8.78 Å². The van der Waals surface area contributed by atoms with Gasteiger partial charge in [-0.1, -0.05) is 29.8 Å². The Bertz CT molecular complexity index is 593. The topological polar surface area (TPSA) is 12.0 Å². The van der Waals surface area contributed by atoms with Crippen LogP contribution in [-0.4, -0.2) is 0 Å². The van der Waals surface area contributed by atoms with Gasteiger partial charge in [0.05, 0.1) is 6.04 Å². The number of hydrogen-bond donors (Lipinski definition) is 1. The summed E-state index contributed by atoms with van der Waals surface area (Å²) in [5.41, 5.74) is 3.53. The summed E-state index contributed by atoms with van der Waals surface area (Å²) >= 11 is 0. The Morgan fingerprint density at radius 3 is 2.47 bits per heavy atom. The Balaban J connectivity index is 2.25. The van der Waals surface area contributed by atoms with Crippen LogP contribution < -0.4 is 5.32 Å². The molecule has 0 radical (unpaired) electrons. The van der Waals surface area contributed by atoms with Crippen LogP contribution in [-0.2, 0) is 0 Å². The van der Waals surface area contributed by atoms with E-state index in [0.717, 1.165) is 17.3 Å². The molecule has 0 amide bonds. The Morgan fingerprint density at radius 1 is 1.05 bits per heavy atom. The largest absolute Gasteiger partial charge is 0.378 e. The molecule has 0 aliphatic carbocycles. The second-order valence-corrected chi connectivity index (χ2v) is 4.83. The van der Waals surface area contributed by atoms with Crippen LogP contribution >= 0.6 is 0 Å². The molecule has 2 aromatic rings. The maximum absolute atomic E-state index is 13.7. The molecule has 1 unspecified atom stereocenters. The van der Waals surface area contributed by atoms with Crippen LogP contribution in [0.3, 0.4) is 0 Å². The fourth-order valence-corrected chi connectivity index (χ4v) is 2.14. The molecule has 1 nitrogen and oxygen atoms in total. The minimum Gasteiger partial charge on any atom is -0.378 e. The van der Waals surface area contributed by atoms with E-state index in [2.05, 4.69) is 11.4 Å². The van der Waals surface area contributed by atoms with E-state index in [4.69, 9.17) is 0 Å². The van der Waals surface area contributed by atoms with Crippen molar-refractivity contribution in [2.75, 3.05) is 5.32 Å². The Morgan fingerprint density at radius 2 is 1.79 bits per heavy atom. The predicted octanol–water partition coefficient (Wildman–Crippen LogP) is 4.75. The fourth-order valence-electron chi connectivity index (χ4n) is 2.14. The van der Waals surface area contributed by atoms with Gasteiger partial charge in [0.25, 0.3) is 0 Å². The molecule has 2 rings (SSSR count). The second-order valence-electron chi connectivity index (χ2n) is 4.83. The number of aryl methyl sites for hydroxylation is 2. The van der Waals surface area contributed by atoms with Crippen LogP contribution in [0.5, 0.6) is 0 Å². The molecular formula is C16H17F2N. The number of anilines is 1. The first kappa shape index (κ1) is 13.5. The summed E-state index contributed by atoms with van der Waals surface area (Å²) in [5, 5.41) is 3.22. The molecule has 2 aromatic carbocycles. The van der Waals surface area contributed by atoms with Crippen LogP contribution in [0.25, 0.3) is 0 Å². The molecular weight excluding hydrogens is 244 g/mol. The second kappa shape index (κ2) is 5.39. The minimum atomic E-state index is -0.813. The highest BCUT2D eigenvalue weighted by Gasteiger charge is 2.14. The van der Waals surface area contributed by atoms with Crippen molar-refractivity contribution in [2.24, 2.45) is 0 Å². The van der Waals surface area contributed by atoms with E-state index in [0.29, 0.717) is 5.56 Å². The van der Waals surface area contributed by atoms with Crippen LogP contribution in [0.1, 0.15) is 29.7 Å². The average Bonchev–Trinajstić information content (AvgIpc) is 2.36. The number of nitrogens with one attached hydrogen (secondary N) is 1. The lowest BCUT2D eigenvalue weighted by molar-refractivity contribution is 0.494. The molecule has 100 valence electrons. The standard InChI is InChI=1S/C16H17F2N/c1-10-7-8-15(11(2)9-10)19-12(3)13-5-4-6-14(17)16(13)18/h4-9,12,19H,1-3H3. The van der Waals surface area contributed by atoms with Gasteiger partial charge in [0.1, 0.15) is 0 Å². The molecule has 0 bridgehead atoms. The maximum atomic E-state index is 13.7. The van der Waals surface area contributed by atoms with Crippen LogP contribution in [0, 0.1) is 25.5 Å². The van der Waals surface area contributed by atoms with Gasteiger partial charge in [-0.15, -0.1) is 0 Å². The van der Waals surface area contributed by atoms with E-state index in [1.165, 1.54) is 11.6 Å². The summed E-state index contributed by atoms with van der Waals surface area (Å²) < 4.78 is 26.9. The van der Waals surface area contributed by atoms with Crippen molar-refractivity contribution in [2.45, 2.75) is 26.8 Å². The highest BCUT2D eigenvalue weighted by Crippen LogP contribution is 2.25. The lowest BCUT2D eigenvalue weighted by Gasteiger charge is -2.18. The molecule has 0 aliphatic rings. The van der Waals surface area contributed by atoms with E-state index in [9.17, 15) is 8.78 Å². The first-order valence-electron chi connectivity index (χ1n) is 6.26. The maximum Gasteiger partial charge on any atom is 0.164 e. The van der Waals surface area contributed by atoms with Gasteiger partial charge in [0, 0.05) is 11.3 Å². The first-order chi connectivity index (χ1) is 8.99. The van der Waals surface area contributed by atoms with Crippen molar-refractivity contribution in [3.63, 3.8) is 0 Å². The third-order valence-electron chi connectivity index (χ3n) is 3.20. The van der Waals surface area contributed by atoms with Gasteiger partial charge in [-0.2, -0.15) is 0 Å². The Labute approximate surface area is 112 Å². The smallest absolute Gasteiger partial charge is 0.164 e. The first-order valence-corrected chi connectivity index (χ1v) is 6.26. The molecule has 19 heavy (non-hydrogen) atoms. The van der Waals surface area contributed by atoms with Crippen molar-refractivity contribution in [3.8, 4) is 0 Å². The number of hydrogen-bond acceptors (Lipinski definition) is 1. The Kier molecular flexibility index (Phi) is 3.84. The summed E-state index contributed by atoms with van der Waals surface area (Å²) in [6, 6.07) is 9.95. The summed E-state index contributed by atoms with van der Waals surface area (Å²) in [5.74, 6) is -1.60. The van der Waals surface area contributed by atoms with Gasteiger partial charge in [0.15, 0.2) is 11.6 Å². The predicted molar refractivity (Wildman–Crippen MR) is 74.3 cm³/mol. The average molecular weight is 261 g/mol.